The lowest BCUT2D eigenvalue weighted by molar-refractivity contribution is -0.385. The zero-order chi connectivity index (χ0) is 17.4. The van der Waals surface area contributed by atoms with E-state index in [0.29, 0.717) is 18.7 Å². The standard InChI is InChI=1S/C18H18N2O4/c1-24-13-15-8-6-14(7-9-15)12-19-18(21)11-10-16-4-2-3-5-17(16)20(22)23/h2-11H,12-13H2,1H3,(H,19,21)/b11-10+. The Labute approximate surface area is 139 Å². The molecule has 2 aromatic rings. The van der Waals surface area contributed by atoms with E-state index in [0.717, 1.165) is 11.1 Å². The molecule has 0 aromatic heterocycles. The average molecular weight is 326 g/mol. The quantitative estimate of drug-likeness (QED) is 0.481. The van der Waals surface area contributed by atoms with Crippen molar-refractivity contribution < 1.29 is 14.5 Å². The summed E-state index contributed by atoms with van der Waals surface area (Å²) in [6.45, 7) is 0.929. The van der Waals surface area contributed by atoms with E-state index in [9.17, 15) is 14.9 Å². The highest BCUT2D eigenvalue weighted by molar-refractivity contribution is 5.92. The van der Waals surface area contributed by atoms with Crippen LogP contribution in [0.2, 0.25) is 0 Å². The average Bonchev–Trinajstić information content (AvgIpc) is 2.59. The fourth-order valence-corrected chi connectivity index (χ4v) is 2.13. The summed E-state index contributed by atoms with van der Waals surface area (Å²) in [4.78, 5) is 22.3. The van der Waals surface area contributed by atoms with Gasteiger partial charge in [0.05, 0.1) is 17.1 Å². The summed E-state index contributed by atoms with van der Waals surface area (Å²) in [5.41, 5.74) is 2.38. The van der Waals surface area contributed by atoms with E-state index in [4.69, 9.17) is 4.74 Å². The third-order valence-electron chi connectivity index (χ3n) is 3.35. The molecule has 1 N–H and O–H groups in total. The second-order valence-corrected chi connectivity index (χ2v) is 5.12. The van der Waals surface area contributed by atoms with E-state index in [-0.39, 0.29) is 11.6 Å². The minimum atomic E-state index is -0.473. The molecule has 0 heterocycles. The summed E-state index contributed by atoms with van der Waals surface area (Å²) in [5, 5.41) is 13.7. The molecule has 0 saturated carbocycles. The predicted molar refractivity (Wildman–Crippen MR) is 91.1 cm³/mol. The Bertz CT molecular complexity index is 739. The van der Waals surface area contributed by atoms with Crippen LogP contribution in [0.25, 0.3) is 6.08 Å². The van der Waals surface area contributed by atoms with Crippen LogP contribution in [-0.2, 0) is 22.7 Å². The predicted octanol–water partition coefficient (Wildman–Crippen LogP) is 3.07. The molecule has 1 amide bonds. The van der Waals surface area contributed by atoms with Gasteiger partial charge in [-0.1, -0.05) is 36.4 Å². The molecule has 0 bridgehead atoms. The Hall–Kier alpha value is -2.99. The van der Waals surface area contributed by atoms with E-state index in [2.05, 4.69) is 5.32 Å². The number of carbonyl (C=O) groups excluding carboxylic acids is 1. The van der Waals surface area contributed by atoms with Gasteiger partial charge in [-0.3, -0.25) is 14.9 Å². The molecule has 2 rings (SSSR count). The topological polar surface area (TPSA) is 81.5 Å². The SMILES string of the molecule is COCc1ccc(CNC(=O)/C=C/c2ccccc2[N+](=O)[O-])cc1. The molecule has 0 aliphatic heterocycles. The molecule has 0 spiro atoms. The van der Waals surface area contributed by atoms with Crippen molar-refractivity contribution >= 4 is 17.7 Å². The second-order valence-electron chi connectivity index (χ2n) is 5.12. The Morgan fingerprint density at radius 3 is 2.50 bits per heavy atom. The molecule has 6 heteroatoms. The van der Waals surface area contributed by atoms with Crippen LogP contribution >= 0.6 is 0 Å². The summed E-state index contributed by atoms with van der Waals surface area (Å²) in [5.74, 6) is -0.311. The van der Waals surface area contributed by atoms with Crippen LogP contribution in [-0.4, -0.2) is 17.9 Å². The fourth-order valence-electron chi connectivity index (χ4n) is 2.13. The van der Waals surface area contributed by atoms with Crippen molar-refractivity contribution in [2.45, 2.75) is 13.2 Å². The maximum absolute atomic E-state index is 11.9. The smallest absolute Gasteiger partial charge is 0.276 e. The highest BCUT2D eigenvalue weighted by Gasteiger charge is 2.09. The number of nitrogens with zero attached hydrogens (tertiary/aromatic N) is 1. The molecular formula is C18H18N2O4. The molecule has 24 heavy (non-hydrogen) atoms. The first-order valence-corrected chi connectivity index (χ1v) is 7.36. The first-order valence-electron chi connectivity index (χ1n) is 7.36. The third kappa shape index (κ3) is 5.03. The number of nitrogens with one attached hydrogen (secondary N) is 1. The Morgan fingerprint density at radius 1 is 1.17 bits per heavy atom. The fraction of sp³-hybridized carbons (Fsp3) is 0.167. The molecule has 0 aliphatic carbocycles. The zero-order valence-corrected chi connectivity index (χ0v) is 13.3. The van der Waals surface area contributed by atoms with Gasteiger partial charge in [0, 0.05) is 25.8 Å². The number of amides is 1. The summed E-state index contributed by atoms with van der Waals surface area (Å²) < 4.78 is 5.04. The molecule has 0 unspecified atom stereocenters. The number of hydrogen-bond donors (Lipinski definition) is 1. The van der Waals surface area contributed by atoms with Gasteiger partial charge in [-0.25, -0.2) is 0 Å². The van der Waals surface area contributed by atoms with Gasteiger partial charge in [0.1, 0.15) is 0 Å². The van der Waals surface area contributed by atoms with Gasteiger partial charge in [-0.15, -0.1) is 0 Å². The number of benzene rings is 2. The summed E-state index contributed by atoms with van der Waals surface area (Å²) >= 11 is 0. The van der Waals surface area contributed by atoms with E-state index in [1.807, 2.05) is 24.3 Å². The Kier molecular flexibility index (Phi) is 6.22. The number of nitro benzene ring substituents is 1. The number of para-hydroxylation sites is 1. The highest BCUT2D eigenvalue weighted by Crippen LogP contribution is 2.18. The van der Waals surface area contributed by atoms with Crippen LogP contribution < -0.4 is 5.32 Å². The van der Waals surface area contributed by atoms with E-state index in [1.54, 1.807) is 25.3 Å². The minimum Gasteiger partial charge on any atom is -0.380 e. The highest BCUT2D eigenvalue weighted by atomic mass is 16.6. The maximum Gasteiger partial charge on any atom is 0.276 e. The molecular weight excluding hydrogens is 308 g/mol. The van der Waals surface area contributed by atoms with Crippen LogP contribution in [0.5, 0.6) is 0 Å². The van der Waals surface area contributed by atoms with Crippen molar-refractivity contribution in [2.75, 3.05) is 7.11 Å². The molecule has 6 nitrogen and oxygen atoms in total. The van der Waals surface area contributed by atoms with E-state index >= 15 is 0 Å². The first-order chi connectivity index (χ1) is 11.6. The second kappa shape index (κ2) is 8.59. The summed E-state index contributed by atoms with van der Waals surface area (Å²) in [6, 6.07) is 14.0. The molecule has 124 valence electrons. The van der Waals surface area contributed by atoms with Crippen LogP contribution in [0, 0.1) is 10.1 Å². The van der Waals surface area contributed by atoms with Gasteiger partial charge in [-0.05, 0) is 23.3 Å². The summed E-state index contributed by atoms with van der Waals surface area (Å²) in [7, 11) is 1.64. The van der Waals surface area contributed by atoms with Gasteiger partial charge in [0.25, 0.3) is 5.69 Å². The number of ether oxygens (including phenoxy) is 1. The lowest BCUT2D eigenvalue weighted by Crippen LogP contribution is -2.20. The number of methoxy groups -OCH3 is 1. The van der Waals surface area contributed by atoms with E-state index < -0.39 is 4.92 Å². The Morgan fingerprint density at radius 2 is 1.83 bits per heavy atom. The van der Waals surface area contributed by atoms with Crippen molar-refractivity contribution in [3.63, 3.8) is 0 Å². The van der Waals surface area contributed by atoms with Crippen LogP contribution in [0.3, 0.4) is 0 Å². The molecule has 0 radical (unpaired) electrons. The van der Waals surface area contributed by atoms with Crippen molar-refractivity contribution in [1.82, 2.24) is 5.32 Å². The zero-order valence-electron chi connectivity index (χ0n) is 13.3. The molecule has 2 aromatic carbocycles. The summed E-state index contributed by atoms with van der Waals surface area (Å²) in [6.07, 6.45) is 2.73. The van der Waals surface area contributed by atoms with Crippen molar-refractivity contribution in [1.29, 1.82) is 0 Å². The van der Waals surface area contributed by atoms with Gasteiger partial charge in [0.2, 0.25) is 5.91 Å². The van der Waals surface area contributed by atoms with Gasteiger partial charge >= 0.3 is 0 Å². The number of hydrogen-bond acceptors (Lipinski definition) is 4. The molecule has 0 aliphatic rings. The molecule has 0 atom stereocenters. The number of nitro groups is 1. The lowest BCUT2D eigenvalue weighted by atomic mass is 10.1. The van der Waals surface area contributed by atoms with Crippen molar-refractivity contribution in [3.05, 3.63) is 81.4 Å². The van der Waals surface area contributed by atoms with E-state index in [1.165, 1.54) is 18.2 Å². The largest absolute Gasteiger partial charge is 0.380 e. The molecule has 0 saturated heterocycles. The van der Waals surface area contributed by atoms with Crippen LogP contribution in [0.15, 0.2) is 54.6 Å². The monoisotopic (exact) mass is 326 g/mol. The van der Waals surface area contributed by atoms with Crippen LogP contribution in [0.1, 0.15) is 16.7 Å². The number of rotatable bonds is 7. The lowest BCUT2D eigenvalue weighted by Gasteiger charge is -2.04. The van der Waals surface area contributed by atoms with Crippen molar-refractivity contribution in [2.24, 2.45) is 0 Å². The van der Waals surface area contributed by atoms with Gasteiger partial charge in [0.15, 0.2) is 0 Å². The number of carbonyl (C=O) groups is 1. The Balaban J connectivity index is 1.92. The van der Waals surface area contributed by atoms with Gasteiger partial charge < -0.3 is 10.1 Å². The first kappa shape index (κ1) is 17.4. The van der Waals surface area contributed by atoms with Crippen molar-refractivity contribution in [3.8, 4) is 0 Å². The van der Waals surface area contributed by atoms with Crippen LogP contribution in [0.4, 0.5) is 5.69 Å². The maximum atomic E-state index is 11.9. The minimum absolute atomic E-state index is 0.0321. The molecule has 0 fully saturated rings. The normalized spacial score (nSPS) is 10.7. The van der Waals surface area contributed by atoms with Gasteiger partial charge in [-0.2, -0.15) is 0 Å². The third-order valence-corrected chi connectivity index (χ3v) is 3.35.